The SMILES string of the molecule is CCN(Cc1ccccc1Cl)C(=O)COC(C)C. The maximum atomic E-state index is 12.0. The summed E-state index contributed by atoms with van der Waals surface area (Å²) in [5.74, 6) is -0.00822. The second-order valence-electron chi connectivity index (χ2n) is 4.36. The largest absolute Gasteiger partial charge is 0.369 e. The van der Waals surface area contributed by atoms with Crippen LogP contribution in [0.2, 0.25) is 5.02 Å². The second-order valence-corrected chi connectivity index (χ2v) is 4.77. The van der Waals surface area contributed by atoms with E-state index in [0.29, 0.717) is 18.1 Å². The van der Waals surface area contributed by atoms with E-state index in [9.17, 15) is 4.79 Å². The van der Waals surface area contributed by atoms with Crippen LogP contribution in [0.1, 0.15) is 26.3 Å². The van der Waals surface area contributed by atoms with Gasteiger partial charge in [-0.15, -0.1) is 0 Å². The van der Waals surface area contributed by atoms with E-state index in [1.165, 1.54) is 0 Å². The lowest BCUT2D eigenvalue weighted by atomic mass is 10.2. The van der Waals surface area contributed by atoms with Gasteiger partial charge in [-0.25, -0.2) is 0 Å². The van der Waals surface area contributed by atoms with Crippen LogP contribution in [0.5, 0.6) is 0 Å². The number of amides is 1. The van der Waals surface area contributed by atoms with Crippen molar-refractivity contribution in [2.75, 3.05) is 13.2 Å². The van der Waals surface area contributed by atoms with Crippen molar-refractivity contribution in [3.8, 4) is 0 Å². The molecule has 0 aromatic heterocycles. The Morgan fingerprint density at radius 3 is 2.61 bits per heavy atom. The predicted octanol–water partition coefficient (Wildman–Crippen LogP) is 3.11. The molecular formula is C14H20ClNO2. The molecule has 4 heteroatoms. The molecule has 0 radical (unpaired) electrons. The summed E-state index contributed by atoms with van der Waals surface area (Å²) < 4.78 is 5.33. The molecule has 0 aliphatic heterocycles. The number of nitrogens with zero attached hydrogens (tertiary/aromatic N) is 1. The highest BCUT2D eigenvalue weighted by Crippen LogP contribution is 2.17. The lowest BCUT2D eigenvalue weighted by Crippen LogP contribution is -2.34. The summed E-state index contributed by atoms with van der Waals surface area (Å²) in [6.07, 6.45) is 0.0629. The quantitative estimate of drug-likeness (QED) is 0.794. The number of hydrogen-bond donors (Lipinski definition) is 0. The fourth-order valence-electron chi connectivity index (χ4n) is 1.54. The highest BCUT2D eigenvalue weighted by atomic mass is 35.5. The summed E-state index contributed by atoms with van der Waals surface area (Å²) in [4.78, 5) is 13.7. The number of ether oxygens (including phenoxy) is 1. The third-order valence-electron chi connectivity index (χ3n) is 2.59. The Hall–Kier alpha value is -1.06. The van der Waals surface area contributed by atoms with Crippen LogP contribution in [0.4, 0.5) is 0 Å². The van der Waals surface area contributed by atoms with Crippen LogP contribution in [-0.2, 0) is 16.1 Å². The standard InChI is InChI=1S/C14H20ClNO2/c1-4-16(14(17)10-18-11(2)3)9-12-7-5-6-8-13(12)15/h5-8,11H,4,9-10H2,1-3H3. The molecule has 0 heterocycles. The maximum Gasteiger partial charge on any atom is 0.248 e. The monoisotopic (exact) mass is 269 g/mol. The molecule has 0 saturated heterocycles. The van der Waals surface area contributed by atoms with Crippen molar-refractivity contribution in [3.63, 3.8) is 0 Å². The van der Waals surface area contributed by atoms with E-state index in [-0.39, 0.29) is 18.6 Å². The third kappa shape index (κ3) is 4.67. The molecule has 0 N–H and O–H groups in total. The molecule has 0 spiro atoms. The summed E-state index contributed by atoms with van der Waals surface area (Å²) in [5, 5.41) is 0.688. The Bertz CT molecular complexity index is 393. The van der Waals surface area contributed by atoms with Crippen molar-refractivity contribution >= 4 is 17.5 Å². The third-order valence-corrected chi connectivity index (χ3v) is 2.96. The number of benzene rings is 1. The molecule has 3 nitrogen and oxygen atoms in total. The molecule has 0 atom stereocenters. The van der Waals surface area contributed by atoms with Gasteiger partial charge >= 0.3 is 0 Å². The molecule has 100 valence electrons. The zero-order valence-corrected chi connectivity index (χ0v) is 11.9. The number of carbonyl (C=O) groups excluding carboxylic acids is 1. The number of carbonyl (C=O) groups is 1. The maximum absolute atomic E-state index is 12.0. The number of rotatable bonds is 6. The molecule has 1 amide bonds. The Morgan fingerprint density at radius 1 is 1.39 bits per heavy atom. The zero-order valence-electron chi connectivity index (χ0n) is 11.1. The van der Waals surface area contributed by atoms with Gasteiger partial charge in [-0.05, 0) is 32.4 Å². The van der Waals surface area contributed by atoms with Crippen LogP contribution >= 0.6 is 11.6 Å². The van der Waals surface area contributed by atoms with Crippen molar-refractivity contribution in [1.29, 1.82) is 0 Å². The van der Waals surface area contributed by atoms with E-state index in [1.807, 2.05) is 45.0 Å². The van der Waals surface area contributed by atoms with Crippen molar-refractivity contribution in [2.24, 2.45) is 0 Å². The fourth-order valence-corrected chi connectivity index (χ4v) is 1.73. The molecule has 0 aliphatic rings. The van der Waals surface area contributed by atoms with Crippen molar-refractivity contribution < 1.29 is 9.53 Å². The summed E-state index contributed by atoms with van der Waals surface area (Å²) in [6, 6.07) is 7.57. The van der Waals surface area contributed by atoms with Gasteiger partial charge in [0.05, 0.1) is 6.10 Å². The molecule has 0 unspecified atom stereocenters. The number of halogens is 1. The molecule has 1 rings (SSSR count). The Morgan fingerprint density at radius 2 is 2.06 bits per heavy atom. The predicted molar refractivity (Wildman–Crippen MR) is 73.6 cm³/mol. The van der Waals surface area contributed by atoms with Gasteiger partial charge in [-0.1, -0.05) is 29.8 Å². The first-order chi connectivity index (χ1) is 8.54. The van der Waals surface area contributed by atoms with Crippen LogP contribution < -0.4 is 0 Å². The first kappa shape index (κ1) is 15.0. The lowest BCUT2D eigenvalue weighted by Gasteiger charge is -2.22. The minimum Gasteiger partial charge on any atom is -0.369 e. The second kappa shape index (κ2) is 7.39. The molecule has 18 heavy (non-hydrogen) atoms. The van der Waals surface area contributed by atoms with Crippen LogP contribution in [0, 0.1) is 0 Å². The first-order valence-electron chi connectivity index (χ1n) is 6.17. The smallest absolute Gasteiger partial charge is 0.248 e. The molecule has 1 aromatic rings. The summed E-state index contributed by atoms with van der Waals surface area (Å²) in [6.45, 7) is 7.07. The van der Waals surface area contributed by atoms with Crippen LogP contribution in [0.15, 0.2) is 24.3 Å². The van der Waals surface area contributed by atoms with E-state index < -0.39 is 0 Å². The van der Waals surface area contributed by atoms with Gasteiger partial charge in [-0.2, -0.15) is 0 Å². The van der Waals surface area contributed by atoms with E-state index >= 15 is 0 Å². The van der Waals surface area contributed by atoms with Crippen molar-refractivity contribution in [3.05, 3.63) is 34.9 Å². The molecule has 1 aromatic carbocycles. The Labute approximate surface area is 114 Å². The fraction of sp³-hybridized carbons (Fsp3) is 0.500. The average Bonchev–Trinajstić information content (AvgIpc) is 2.35. The van der Waals surface area contributed by atoms with Crippen LogP contribution in [0.3, 0.4) is 0 Å². The summed E-state index contributed by atoms with van der Waals surface area (Å²) >= 11 is 6.09. The molecule has 0 fully saturated rings. The van der Waals surface area contributed by atoms with E-state index in [2.05, 4.69) is 0 Å². The minimum atomic E-state index is -0.00822. The van der Waals surface area contributed by atoms with E-state index in [0.717, 1.165) is 5.56 Å². The normalized spacial score (nSPS) is 10.7. The van der Waals surface area contributed by atoms with Crippen LogP contribution in [-0.4, -0.2) is 30.1 Å². The van der Waals surface area contributed by atoms with Gasteiger partial charge < -0.3 is 9.64 Å². The van der Waals surface area contributed by atoms with E-state index in [4.69, 9.17) is 16.3 Å². The van der Waals surface area contributed by atoms with Crippen LogP contribution in [0.25, 0.3) is 0 Å². The number of hydrogen-bond acceptors (Lipinski definition) is 2. The van der Waals surface area contributed by atoms with Crippen molar-refractivity contribution in [2.45, 2.75) is 33.4 Å². The van der Waals surface area contributed by atoms with Gasteiger partial charge in [0.1, 0.15) is 6.61 Å². The summed E-state index contributed by atoms with van der Waals surface area (Å²) in [7, 11) is 0. The molecule has 0 saturated carbocycles. The zero-order chi connectivity index (χ0) is 13.5. The van der Waals surface area contributed by atoms with E-state index in [1.54, 1.807) is 4.90 Å². The topological polar surface area (TPSA) is 29.5 Å². The van der Waals surface area contributed by atoms with Gasteiger partial charge in [0.2, 0.25) is 5.91 Å². The first-order valence-corrected chi connectivity index (χ1v) is 6.55. The lowest BCUT2D eigenvalue weighted by molar-refractivity contribution is -0.138. The number of likely N-dealkylation sites (N-methyl/N-ethyl adjacent to an activating group) is 1. The van der Waals surface area contributed by atoms with Gasteiger partial charge in [0.25, 0.3) is 0 Å². The molecule has 0 bridgehead atoms. The van der Waals surface area contributed by atoms with Gasteiger partial charge in [0, 0.05) is 18.1 Å². The highest BCUT2D eigenvalue weighted by Gasteiger charge is 2.14. The summed E-state index contributed by atoms with van der Waals surface area (Å²) in [5.41, 5.74) is 0.957. The molecule has 0 aliphatic carbocycles. The highest BCUT2D eigenvalue weighted by molar-refractivity contribution is 6.31. The molecular weight excluding hydrogens is 250 g/mol. The Balaban J connectivity index is 2.62. The van der Waals surface area contributed by atoms with Crippen molar-refractivity contribution in [1.82, 2.24) is 4.90 Å². The van der Waals surface area contributed by atoms with Gasteiger partial charge in [0.15, 0.2) is 0 Å². The van der Waals surface area contributed by atoms with Gasteiger partial charge in [-0.3, -0.25) is 4.79 Å². The minimum absolute atomic E-state index is 0.00822. The Kier molecular flexibility index (Phi) is 6.16. The average molecular weight is 270 g/mol.